The third-order valence-electron chi connectivity index (χ3n) is 8.07. The Labute approximate surface area is 251 Å². The van der Waals surface area contributed by atoms with Gasteiger partial charge in [0, 0.05) is 12.6 Å². The van der Waals surface area contributed by atoms with E-state index in [4.69, 9.17) is 0 Å². The van der Waals surface area contributed by atoms with E-state index in [1.165, 1.54) is 10.7 Å². The van der Waals surface area contributed by atoms with E-state index < -0.39 is 28.5 Å². The van der Waals surface area contributed by atoms with E-state index >= 15 is 0 Å². The molecule has 1 aliphatic rings. The smallest absolute Gasteiger partial charge is 0.264 e. The lowest BCUT2D eigenvalue weighted by Gasteiger charge is -2.35. The summed E-state index contributed by atoms with van der Waals surface area (Å²) in [5.74, 6) is -0.570. The second-order valence-electron chi connectivity index (χ2n) is 10.9. The highest BCUT2D eigenvalue weighted by Crippen LogP contribution is 2.28. The molecule has 3 aromatic rings. The van der Waals surface area contributed by atoms with Gasteiger partial charge in [-0.05, 0) is 61.4 Å². The maximum atomic E-state index is 14.3. The quantitative estimate of drug-likeness (QED) is 0.275. The molecule has 0 radical (unpaired) electrons. The van der Waals surface area contributed by atoms with Gasteiger partial charge in [0.2, 0.25) is 11.8 Å². The van der Waals surface area contributed by atoms with Gasteiger partial charge in [-0.25, -0.2) is 8.42 Å². The average molecular weight is 590 g/mol. The van der Waals surface area contributed by atoms with Gasteiger partial charge < -0.3 is 10.2 Å². The Bertz CT molecular complexity index is 1410. The molecule has 2 amide bonds. The molecule has 0 aromatic heterocycles. The highest BCUT2D eigenvalue weighted by molar-refractivity contribution is 7.92. The average Bonchev–Trinajstić information content (AvgIpc) is 3.03. The zero-order valence-electron chi connectivity index (χ0n) is 24.7. The molecule has 224 valence electrons. The number of aryl methyl sites for hydroxylation is 1. The van der Waals surface area contributed by atoms with E-state index in [2.05, 4.69) is 5.32 Å². The number of anilines is 1. The summed E-state index contributed by atoms with van der Waals surface area (Å²) in [6, 6.07) is 24.7. The number of carbonyl (C=O) groups excluding carboxylic acids is 2. The molecule has 3 aromatic carbocycles. The van der Waals surface area contributed by atoms with E-state index in [1.54, 1.807) is 47.4 Å². The standard InChI is InChI=1S/C34H43N3O4S/c1-3-28-18-14-15-23-32(28)37(42(40,41)30-21-12-7-13-22-30)26-33(38)36(25-24-27-16-8-5-9-17-27)31(4-2)34(39)35-29-19-10-6-11-20-29/h5,7-9,12-18,21-23,29,31H,3-4,6,10-11,19-20,24-26H2,1-2H3,(H,35,39)/t31-/m1/s1. The van der Waals surface area contributed by atoms with Crippen molar-refractivity contribution in [3.05, 3.63) is 96.1 Å². The molecule has 8 heteroatoms. The maximum Gasteiger partial charge on any atom is 0.264 e. The fraction of sp³-hybridized carbons (Fsp3) is 0.412. The highest BCUT2D eigenvalue weighted by atomic mass is 32.2. The highest BCUT2D eigenvalue weighted by Gasteiger charge is 2.34. The van der Waals surface area contributed by atoms with Gasteiger partial charge in [-0.1, -0.05) is 99.8 Å². The number of benzene rings is 3. The fourth-order valence-corrected chi connectivity index (χ4v) is 7.20. The van der Waals surface area contributed by atoms with Crippen molar-refractivity contribution in [1.29, 1.82) is 0 Å². The van der Waals surface area contributed by atoms with E-state index in [0.29, 0.717) is 31.5 Å². The molecule has 7 nitrogen and oxygen atoms in total. The predicted octanol–water partition coefficient (Wildman–Crippen LogP) is 5.74. The third kappa shape index (κ3) is 7.79. The van der Waals surface area contributed by atoms with E-state index in [1.807, 2.05) is 56.3 Å². The summed E-state index contributed by atoms with van der Waals surface area (Å²) in [5, 5.41) is 3.20. The molecule has 1 aliphatic carbocycles. The van der Waals surface area contributed by atoms with Crippen LogP contribution in [0.4, 0.5) is 5.69 Å². The zero-order chi connectivity index (χ0) is 30.0. The number of hydrogen-bond donors (Lipinski definition) is 1. The molecule has 0 spiro atoms. The van der Waals surface area contributed by atoms with Gasteiger partial charge in [0.1, 0.15) is 12.6 Å². The first kappa shape index (κ1) is 31.3. The molecular formula is C34H43N3O4S. The van der Waals surface area contributed by atoms with Crippen LogP contribution in [0.25, 0.3) is 0 Å². The van der Waals surface area contributed by atoms with Gasteiger partial charge >= 0.3 is 0 Å². The van der Waals surface area contributed by atoms with Crippen molar-refractivity contribution in [2.24, 2.45) is 0 Å². The number of para-hydroxylation sites is 1. The van der Waals surface area contributed by atoms with Crippen LogP contribution < -0.4 is 9.62 Å². The second kappa shape index (κ2) is 15.0. The number of nitrogens with one attached hydrogen (secondary N) is 1. The van der Waals surface area contributed by atoms with Crippen LogP contribution in [-0.2, 0) is 32.5 Å². The molecule has 0 bridgehead atoms. The molecule has 0 aliphatic heterocycles. The number of carbonyl (C=O) groups is 2. The van der Waals surface area contributed by atoms with Crippen LogP contribution in [-0.4, -0.2) is 50.3 Å². The first-order chi connectivity index (χ1) is 20.3. The topological polar surface area (TPSA) is 86.8 Å². The Morgan fingerprint density at radius 2 is 1.48 bits per heavy atom. The van der Waals surface area contributed by atoms with Gasteiger partial charge in [0.25, 0.3) is 10.0 Å². The van der Waals surface area contributed by atoms with Crippen LogP contribution in [0, 0.1) is 0 Å². The van der Waals surface area contributed by atoms with Crippen molar-refractivity contribution in [2.45, 2.75) is 82.2 Å². The number of amides is 2. The largest absolute Gasteiger partial charge is 0.352 e. The summed E-state index contributed by atoms with van der Waals surface area (Å²) < 4.78 is 29.3. The Kier molecular flexibility index (Phi) is 11.2. The number of nitrogens with zero attached hydrogens (tertiary/aromatic N) is 2. The first-order valence-electron chi connectivity index (χ1n) is 15.1. The zero-order valence-corrected chi connectivity index (χ0v) is 25.6. The summed E-state index contributed by atoms with van der Waals surface area (Å²) in [6.45, 7) is 3.76. The minimum Gasteiger partial charge on any atom is -0.352 e. The van der Waals surface area contributed by atoms with Gasteiger partial charge in [-0.15, -0.1) is 0 Å². The van der Waals surface area contributed by atoms with Gasteiger partial charge in [0.05, 0.1) is 10.6 Å². The molecular weight excluding hydrogens is 546 g/mol. The Morgan fingerprint density at radius 3 is 2.12 bits per heavy atom. The molecule has 0 unspecified atom stereocenters. The minimum absolute atomic E-state index is 0.109. The summed E-state index contributed by atoms with van der Waals surface area (Å²) in [4.78, 5) is 29.6. The molecule has 1 N–H and O–H groups in total. The van der Waals surface area contributed by atoms with Crippen LogP contribution in [0.15, 0.2) is 89.8 Å². The summed E-state index contributed by atoms with van der Waals surface area (Å²) >= 11 is 0. The van der Waals surface area contributed by atoms with Crippen molar-refractivity contribution in [1.82, 2.24) is 10.2 Å². The SMILES string of the molecule is CCc1ccccc1N(CC(=O)N(CCc1ccccc1)[C@H](CC)C(=O)NC1CCCCC1)S(=O)(=O)c1ccccc1. The van der Waals surface area contributed by atoms with Gasteiger partial charge in [0.15, 0.2) is 0 Å². The monoisotopic (exact) mass is 589 g/mol. The number of hydrogen-bond acceptors (Lipinski definition) is 4. The molecule has 1 atom stereocenters. The molecule has 0 heterocycles. The fourth-order valence-electron chi connectivity index (χ4n) is 5.73. The predicted molar refractivity (Wildman–Crippen MR) is 168 cm³/mol. The van der Waals surface area contributed by atoms with Gasteiger partial charge in [-0.2, -0.15) is 0 Å². The summed E-state index contributed by atoms with van der Waals surface area (Å²) in [5.41, 5.74) is 2.34. The summed E-state index contributed by atoms with van der Waals surface area (Å²) in [7, 11) is -4.07. The number of rotatable bonds is 13. The first-order valence-corrected chi connectivity index (χ1v) is 16.6. The normalized spacial score (nSPS) is 14.6. The van der Waals surface area contributed by atoms with Crippen molar-refractivity contribution in [2.75, 3.05) is 17.4 Å². The molecule has 1 fully saturated rings. The lowest BCUT2D eigenvalue weighted by molar-refractivity contribution is -0.140. The summed E-state index contributed by atoms with van der Waals surface area (Å²) in [6.07, 6.45) is 6.81. The van der Waals surface area contributed by atoms with Crippen LogP contribution >= 0.6 is 0 Å². The molecule has 42 heavy (non-hydrogen) atoms. The van der Waals surface area contributed by atoms with E-state index in [0.717, 1.165) is 36.8 Å². The maximum absolute atomic E-state index is 14.3. The Balaban J connectivity index is 1.68. The van der Waals surface area contributed by atoms with Crippen LogP contribution in [0.5, 0.6) is 0 Å². The minimum atomic E-state index is -4.07. The van der Waals surface area contributed by atoms with Crippen molar-refractivity contribution >= 4 is 27.5 Å². The molecule has 4 rings (SSSR count). The Hall–Kier alpha value is -3.65. The number of sulfonamides is 1. The van der Waals surface area contributed by atoms with E-state index in [9.17, 15) is 18.0 Å². The van der Waals surface area contributed by atoms with Crippen molar-refractivity contribution in [3.8, 4) is 0 Å². The van der Waals surface area contributed by atoms with Crippen molar-refractivity contribution < 1.29 is 18.0 Å². The van der Waals surface area contributed by atoms with Gasteiger partial charge in [-0.3, -0.25) is 13.9 Å². The third-order valence-corrected chi connectivity index (χ3v) is 9.85. The molecule has 0 saturated heterocycles. The van der Waals surface area contributed by atoms with E-state index in [-0.39, 0.29) is 16.8 Å². The molecule has 1 saturated carbocycles. The lowest BCUT2D eigenvalue weighted by Crippen LogP contribution is -2.54. The van der Waals surface area contributed by atoms with Crippen LogP contribution in [0.2, 0.25) is 0 Å². The Morgan fingerprint density at radius 1 is 0.857 bits per heavy atom. The van der Waals surface area contributed by atoms with Crippen molar-refractivity contribution in [3.63, 3.8) is 0 Å². The second-order valence-corrected chi connectivity index (χ2v) is 12.8. The van der Waals surface area contributed by atoms with Crippen LogP contribution in [0.1, 0.15) is 63.5 Å². The lowest BCUT2D eigenvalue weighted by atomic mass is 9.95. The van der Waals surface area contributed by atoms with Crippen LogP contribution in [0.3, 0.4) is 0 Å².